The molecule has 1 heterocycles. The third-order valence-corrected chi connectivity index (χ3v) is 6.08. The minimum atomic E-state index is -5.06. The Bertz CT molecular complexity index is 1090. The van der Waals surface area contributed by atoms with Crippen molar-refractivity contribution in [3.8, 4) is 0 Å². The van der Waals surface area contributed by atoms with Gasteiger partial charge in [-0.2, -0.15) is 26.3 Å². The van der Waals surface area contributed by atoms with Gasteiger partial charge in [-0.15, -0.1) is 12.4 Å². The van der Waals surface area contributed by atoms with E-state index in [9.17, 15) is 35.9 Å². The molecule has 0 bridgehead atoms. The average Bonchev–Trinajstić information content (AvgIpc) is 2.74. The van der Waals surface area contributed by atoms with Crippen LogP contribution in [0.5, 0.6) is 0 Å². The summed E-state index contributed by atoms with van der Waals surface area (Å²) >= 11 is 0. The summed E-state index contributed by atoms with van der Waals surface area (Å²) in [6.07, 6.45) is -9.82. The van der Waals surface area contributed by atoms with Gasteiger partial charge in [0.15, 0.2) is 0 Å². The second-order valence-electron chi connectivity index (χ2n) is 8.77. The van der Waals surface area contributed by atoms with Crippen LogP contribution in [0.25, 0.3) is 0 Å². The maximum Gasteiger partial charge on any atom is 0.416 e. The first-order valence-electron chi connectivity index (χ1n) is 10.8. The van der Waals surface area contributed by atoms with Gasteiger partial charge < -0.3 is 10.6 Å². The Morgan fingerprint density at radius 3 is 2.00 bits per heavy atom. The third kappa shape index (κ3) is 7.13. The summed E-state index contributed by atoms with van der Waals surface area (Å²) in [6, 6.07) is 5.95. The van der Waals surface area contributed by atoms with E-state index in [0.717, 1.165) is 16.7 Å². The Hall–Kier alpha value is -2.79. The van der Waals surface area contributed by atoms with E-state index in [2.05, 4.69) is 0 Å². The number of benzene rings is 2. The normalized spacial score (nSPS) is 17.0. The Labute approximate surface area is 210 Å². The average molecular weight is 538 g/mol. The lowest BCUT2D eigenvalue weighted by molar-refractivity contribution is -0.143. The molecule has 2 amide bonds. The number of hydrogen-bond acceptors (Lipinski definition) is 3. The van der Waals surface area contributed by atoms with Crippen LogP contribution in [0.3, 0.4) is 0 Å². The first-order valence-corrected chi connectivity index (χ1v) is 10.8. The molecule has 1 unspecified atom stereocenters. The van der Waals surface area contributed by atoms with E-state index < -0.39 is 46.9 Å². The van der Waals surface area contributed by atoms with Crippen LogP contribution in [0.1, 0.15) is 38.2 Å². The van der Waals surface area contributed by atoms with Crippen molar-refractivity contribution < 1.29 is 35.9 Å². The van der Waals surface area contributed by atoms with Gasteiger partial charge in [0, 0.05) is 31.2 Å². The molecular weight excluding hydrogens is 512 g/mol. The zero-order chi connectivity index (χ0) is 26.1. The predicted octanol–water partition coefficient (Wildman–Crippen LogP) is 4.62. The van der Waals surface area contributed by atoms with Gasteiger partial charge in [-0.3, -0.25) is 14.5 Å². The lowest BCUT2D eigenvalue weighted by Gasteiger charge is -2.41. The molecule has 0 radical (unpaired) electrons. The van der Waals surface area contributed by atoms with Crippen molar-refractivity contribution in [3.63, 3.8) is 0 Å². The van der Waals surface area contributed by atoms with Gasteiger partial charge in [-0.25, -0.2) is 0 Å². The largest absolute Gasteiger partial charge is 0.416 e. The van der Waals surface area contributed by atoms with E-state index in [1.807, 2.05) is 32.0 Å². The summed E-state index contributed by atoms with van der Waals surface area (Å²) in [7, 11) is 0. The van der Waals surface area contributed by atoms with Crippen LogP contribution >= 0.6 is 12.4 Å². The molecule has 3 rings (SSSR count). The van der Waals surface area contributed by atoms with E-state index in [1.54, 1.807) is 4.90 Å². The van der Waals surface area contributed by atoms with Gasteiger partial charge in [-0.05, 0) is 55.2 Å². The van der Waals surface area contributed by atoms with Crippen molar-refractivity contribution in [2.45, 2.75) is 38.7 Å². The lowest BCUT2D eigenvalue weighted by Crippen LogP contribution is -2.57. The Kier molecular flexibility index (Phi) is 9.06. The number of nitrogens with zero attached hydrogens (tertiary/aromatic N) is 2. The summed E-state index contributed by atoms with van der Waals surface area (Å²) < 4.78 is 79.8. The monoisotopic (exact) mass is 537 g/mol. The fourth-order valence-electron chi connectivity index (χ4n) is 4.17. The number of rotatable bonds is 5. The fraction of sp³-hybridized carbons (Fsp3) is 0.417. The summed E-state index contributed by atoms with van der Waals surface area (Å²) in [5.74, 6) is -1.52. The number of piperazine rings is 1. The van der Waals surface area contributed by atoms with Crippen molar-refractivity contribution in [1.29, 1.82) is 0 Å². The molecule has 1 fully saturated rings. The molecule has 1 aliphatic rings. The SMILES string of the molecule is Cc1ccc(CC2CN(CC(N)=O)CCN2C(=O)c2cc(C(F)(F)F)cc(C(F)(F)F)c2)cc1C.Cl. The lowest BCUT2D eigenvalue weighted by atomic mass is 9.97. The van der Waals surface area contributed by atoms with Crippen LogP contribution in [-0.2, 0) is 23.6 Å². The van der Waals surface area contributed by atoms with Crippen molar-refractivity contribution in [2.75, 3.05) is 26.2 Å². The topological polar surface area (TPSA) is 66.6 Å². The van der Waals surface area contributed by atoms with E-state index in [0.29, 0.717) is 18.6 Å². The number of carbonyl (C=O) groups is 2. The maximum atomic E-state index is 13.3. The number of halogens is 7. The van der Waals surface area contributed by atoms with Gasteiger partial charge in [0.05, 0.1) is 17.7 Å². The van der Waals surface area contributed by atoms with Gasteiger partial charge >= 0.3 is 12.4 Å². The highest BCUT2D eigenvalue weighted by atomic mass is 35.5. The van der Waals surface area contributed by atoms with Gasteiger partial charge in [0.2, 0.25) is 5.91 Å². The Morgan fingerprint density at radius 1 is 0.917 bits per heavy atom. The maximum absolute atomic E-state index is 13.3. The van der Waals surface area contributed by atoms with Crippen LogP contribution in [-0.4, -0.2) is 53.8 Å². The van der Waals surface area contributed by atoms with Gasteiger partial charge in [0.1, 0.15) is 0 Å². The summed E-state index contributed by atoms with van der Waals surface area (Å²) in [6.45, 7) is 4.15. The fourth-order valence-corrected chi connectivity index (χ4v) is 4.17. The van der Waals surface area contributed by atoms with E-state index in [4.69, 9.17) is 5.73 Å². The van der Waals surface area contributed by atoms with Gasteiger partial charge in [-0.1, -0.05) is 18.2 Å². The number of nitrogens with two attached hydrogens (primary N) is 1. The highest BCUT2D eigenvalue weighted by molar-refractivity contribution is 5.95. The second-order valence-corrected chi connectivity index (χ2v) is 8.77. The van der Waals surface area contributed by atoms with Gasteiger partial charge in [0.25, 0.3) is 5.91 Å². The predicted molar refractivity (Wildman–Crippen MR) is 124 cm³/mol. The molecule has 198 valence electrons. The molecule has 0 spiro atoms. The molecule has 5 nitrogen and oxygen atoms in total. The molecule has 0 aromatic heterocycles. The van der Waals surface area contributed by atoms with Crippen molar-refractivity contribution in [1.82, 2.24) is 9.80 Å². The second kappa shape index (κ2) is 11.1. The van der Waals surface area contributed by atoms with Crippen molar-refractivity contribution in [2.24, 2.45) is 5.73 Å². The first-order chi connectivity index (χ1) is 16.1. The van der Waals surface area contributed by atoms with E-state index in [1.165, 1.54) is 4.90 Å². The molecule has 0 aliphatic carbocycles. The number of alkyl halides is 6. The quantitative estimate of drug-likeness (QED) is 0.566. The summed E-state index contributed by atoms with van der Waals surface area (Å²) in [5.41, 5.74) is 4.38. The van der Waals surface area contributed by atoms with Crippen LogP contribution in [0.15, 0.2) is 36.4 Å². The number of carbonyl (C=O) groups excluding carboxylic acids is 2. The zero-order valence-corrected chi connectivity index (χ0v) is 20.4. The third-order valence-electron chi connectivity index (χ3n) is 6.08. The van der Waals surface area contributed by atoms with E-state index >= 15 is 0 Å². The molecule has 2 N–H and O–H groups in total. The Morgan fingerprint density at radius 2 is 1.50 bits per heavy atom. The van der Waals surface area contributed by atoms with Crippen LogP contribution in [0, 0.1) is 13.8 Å². The zero-order valence-electron chi connectivity index (χ0n) is 19.5. The highest BCUT2D eigenvalue weighted by Gasteiger charge is 2.39. The smallest absolute Gasteiger partial charge is 0.369 e. The van der Waals surface area contributed by atoms with Crippen LogP contribution in [0.2, 0.25) is 0 Å². The van der Waals surface area contributed by atoms with Crippen LogP contribution < -0.4 is 5.73 Å². The molecular formula is C24H26ClF6N3O2. The number of aryl methyl sites for hydroxylation is 2. The molecule has 2 aromatic carbocycles. The molecule has 1 aliphatic heterocycles. The molecule has 36 heavy (non-hydrogen) atoms. The molecule has 0 saturated carbocycles. The van der Waals surface area contributed by atoms with E-state index in [-0.39, 0.29) is 44.7 Å². The molecule has 12 heteroatoms. The molecule has 1 atom stereocenters. The minimum absolute atomic E-state index is 0. The summed E-state index contributed by atoms with van der Waals surface area (Å²) in [4.78, 5) is 27.7. The number of amides is 2. The standard InChI is InChI=1S/C24H25F6N3O2.ClH/c1-14-3-4-16(7-15(14)2)8-20-12-32(13-21(31)34)5-6-33(20)22(35)17-9-18(23(25,26)27)11-19(10-17)24(28,29)30;/h3-4,7,9-11,20H,5-6,8,12-13H2,1-2H3,(H2,31,34);1H. The minimum Gasteiger partial charge on any atom is -0.369 e. The highest BCUT2D eigenvalue weighted by Crippen LogP contribution is 2.37. The number of primary amides is 1. The van der Waals surface area contributed by atoms with Crippen molar-refractivity contribution in [3.05, 3.63) is 69.8 Å². The number of hydrogen-bond donors (Lipinski definition) is 1. The first kappa shape index (κ1) is 29.4. The molecule has 2 aromatic rings. The van der Waals surface area contributed by atoms with Crippen molar-refractivity contribution >= 4 is 24.2 Å². The van der Waals surface area contributed by atoms with Crippen LogP contribution in [0.4, 0.5) is 26.3 Å². The molecule has 1 saturated heterocycles. The summed E-state index contributed by atoms with van der Waals surface area (Å²) in [5, 5.41) is 0. The Balaban J connectivity index is 0.00000456.